The second-order valence-electron chi connectivity index (χ2n) is 6.97. The van der Waals surface area contributed by atoms with E-state index >= 15 is 0 Å². The lowest BCUT2D eigenvalue weighted by Gasteiger charge is -2.33. The van der Waals surface area contributed by atoms with Gasteiger partial charge in [0.2, 0.25) is 0 Å². The molecule has 156 valence electrons. The van der Waals surface area contributed by atoms with Crippen molar-refractivity contribution in [3.05, 3.63) is 62.5 Å². The Kier molecular flexibility index (Phi) is 7.55. The predicted molar refractivity (Wildman–Crippen MR) is 112 cm³/mol. The van der Waals surface area contributed by atoms with Crippen LogP contribution in [0.2, 0.25) is 10.0 Å². The fraction of sp³-hybridized carbons (Fsp3) is 0.400. The van der Waals surface area contributed by atoms with Crippen LogP contribution in [0.5, 0.6) is 5.75 Å². The molecule has 1 fully saturated rings. The van der Waals surface area contributed by atoms with Gasteiger partial charge in [-0.1, -0.05) is 23.2 Å². The van der Waals surface area contributed by atoms with E-state index in [0.29, 0.717) is 22.3 Å². The molecule has 0 radical (unpaired) electrons. The van der Waals surface area contributed by atoms with Crippen molar-refractivity contribution in [3.8, 4) is 5.75 Å². The average molecular weight is 440 g/mol. The van der Waals surface area contributed by atoms with Gasteiger partial charge in [-0.25, -0.2) is 0 Å². The van der Waals surface area contributed by atoms with Gasteiger partial charge in [0.25, 0.3) is 11.5 Å². The van der Waals surface area contributed by atoms with Crippen molar-refractivity contribution in [3.63, 3.8) is 0 Å². The van der Waals surface area contributed by atoms with Crippen molar-refractivity contribution in [1.29, 1.82) is 0 Å². The van der Waals surface area contributed by atoms with Crippen LogP contribution in [0.1, 0.15) is 23.2 Å². The fourth-order valence-corrected chi connectivity index (χ4v) is 3.51. The summed E-state index contributed by atoms with van der Waals surface area (Å²) in [6.07, 6.45) is 2.44. The molecule has 0 spiro atoms. The number of likely N-dealkylation sites (tertiary alicyclic amines) is 1. The summed E-state index contributed by atoms with van der Waals surface area (Å²) in [5, 5.41) is 13.8. The van der Waals surface area contributed by atoms with Crippen molar-refractivity contribution < 1.29 is 14.6 Å². The molecule has 1 aliphatic heterocycles. The molecule has 1 amide bonds. The number of piperidine rings is 1. The minimum absolute atomic E-state index is 0.0277. The van der Waals surface area contributed by atoms with Crippen LogP contribution >= 0.6 is 23.2 Å². The lowest BCUT2D eigenvalue weighted by molar-refractivity contribution is 0.0594. The van der Waals surface area contributed by atoms with Crippen molar-refractivity contribution >= 4 is 29.1 Å². The Bertz CT molecular complexity index is 897. The maximum Gasteiger partial charge on any atom is 0.260 e. The van der Waals surface area contributed by atoms with E-state index in [1.165, 1.54) is 12.3 Å². The Labute approximate surface area is 178 Å². The van der Waals surface area contributed by atoms with Gasteiger partial charge in [0.1, 0.15) is 17.4 Å². The Morgan fingerprint density at radius 1 is 1.28 bits per heavy atom. The number of amides is 1. The molecular formula is C20H23Cl2N3O4. The molecule has 3 N–H and O–H groups in total. The Balaban J connectivity index is 1.39. The zero-order chi connectivity index (χ0) is 20.8. The molecule has 1 unspecified atom stereocenters. The second kappa shape index (κ2) is 10.1. The van der Waals surface area contributed by atoms with Gasteiger partial charge < -0.3 is 25.0 Å². The second-order valence-corrected chi connectivity index (χ2v) is 7.78. The highest BCUT2D eigenvalue weighted by atomic mass is 35.5. The smallest absolute Gasteiger partial charge is 0.260 e. The number of ether oxygens (including phenoxy) is 1. The summed E-state index contributed by atoms with van der Waals surface area (Å²) in [4.78, 5) is 28.2. The number of rotatable bonds is 7. The number of carbonyl (C=O) groups excluding carboxylic acids is 1. The number of aromatic amines is 1. The molecular weight excluding hydrogens is 417 g/mol. The molecule has 1 saturated heterocycles. The van der Waals surface area contributed by atoms with Crippen molar-refractivity contribution in [2.75, 3.05) is 26.2 Å². The number of β-amino-alcohol motifs (C(OH)–C–C–N with tert-alkyl or cyclic N) is 1. The molecule has 9 heteroatoms. The van der Waals surface area contributed by atoms with Crippen LogP contribution in [-0.4, -0.2) is 59.3 Å². The number of aromatic nitrogens is 1. The van der Waals surface area contributed by atoms with Crippen LogP contribution in [0.3, 0.4) is 0 Å². The van der Waals surface area contributed by atoms with E-state index < -0.39 is 17.6 Å². The Morgan fingerprint density at radius 2 is 2.03 bits per heavy atom. The molecule has 1 aromatic heterocycles. The van der Waals surface area contributed by atoms with Crippen molar-refractivity contribution in [2.24, 2.45) is 0 Å². The monoisotopic (exact) mass is 439 g/mol. The number of pyridine rings is 1. The number of halogens is 2. The van der Waals surface area contributed by atoms with E-state index in [0.717, 1.165) is 25.9 Å². The molecule has 7 nitrogen and oxygen atoms in total. The number of hydrogen-bond donors (Lipinski definition) is 3. The third-order valence-corrected chi connectivity index (χ3v) is 5.50. The number of H-pyrrole nitrogens is 1. The molecule has 0 aliphatic carbocycles. The van der Waals surface area contributed by atoms with Gasteiger partial charge in [-0.2, -0.15) is 0 Å². The van der Waals surface area contributed by atoms with E-state index in [4.69, 9.17) is 27.9 Å². The maximum atomic E-state index is 12.0. The summed E-state index contributed by atoms with van der Waals surface area (Å²) in [6, 6.07) is 8.24. The number of carbonyl (C=O) groups is 1. The lowest BCUT2D eigenvalue weighted by Crippen LogP contribution is -2.45. The Hall–Kier alpha value is -2.06. The minimum Gasteiger partial charge on any atom is -0.490 e. The van der Waals surface area contributed by atoms with Gasteiger partial charge in [-0.05, 0) is 37.1 Å². The first-order valence-electron chi connectivity index (χ1n) is 9.40. The van der Waals surface area contributed by atoms with Crippen LogP contribution in [-0.2, 0) is 0 Å². The van der Waals surface area contributed by atoms with E-state index in [-0.39, 0.29) is 18.2 Å². The standard InChI is InChI=1S/C20H23Cl2N3O4/c21-17-4-3-15(10-18(17)22)29-14-5-8-25(9-6-14)12-13(26)11-24-20(28)16-2-1-7-23-19(16)27/h1-4,7,10,13-14,26H,5-6,8-9,11-12H2,(H,23,27)(H,24,28). The lowest BCUT2D eigenvalue weighted by atomic mass is 10.1. The van der Waals surface area contributed by atoms with Crippen molar-refractivity contribution in [2.45, 2.75) is 25.0 Å². The quantitative estimate of drug-likeness (QED) is 0.615. The summed E-state index contributed by atoms with van der Waals surface area (Å²) in [5.41, 5.74) is -0.427. The summed E-state index contributed by atoms with van der Waals surface area (Å²) < 4.78 is 5.96. The molecule has 1 aliphatic rings. The van der Waals surface area contributed by atoms with Crippen LogP contribution in [0.25, 0.3) is 0 Å². The molecule has 2 heterocycles. The molecule has 0 bridgehead atoms. The number of nitrogens with zero attached hydrogens (tertiary/aromatic N) is 1. The van der Waals surface area contributed by atoms with Gasteiger partial charge in [0, 0.05) is 38.4 Å². The third-order valence-electron chi connectivity index (χ3n) is 4.76. The zero-order valence-electron chi connectivity index (χ0n) is 15.7. The summed E-state index contributed by atoms with van der Waals surface area (Å²) in [6.45, 7) is 2.06. The van der Waals surface area contributed by atoms with Crippen molar-refractivity contribution in [1.82, 2.24) is 15.2 Å². The number of aliphatic hydroxyl groups excluding tert-OH is 1. The first-order valence-corrected chi connectivity index (χ1v) is 10.2. The SMILES string of the molecule is O=C(NCC(O)CN1CCC(Oc2ccc(Cl)c(Cl)c2)CC1)c1ccc[nH]c1=O. The maximum absolute atomic E-state index is 12.0. The normalized spacial score (nSPS) is 16.4. The van der Waals surface area contributed by atoms with E-state index in [2.05, 4.69) is 15.2 Å². The molecule has 1 atom stereocenters. The highest BCUT2D eigenvalue weighted by Gasteiger charge is 2.23. The van der Waals surface area contributed by atoms with Crippen LogP contribution in [0.15, 0.2) is 41.3 Å². The number of benzene rings is 1. The molecule has 3 rings (SSSR count). The Morgan fingerprint density at radius 3 is 2.72 bits per heavy atom. The summed E-state index contributed by atoms with van der Waals surface area (Å²) in [5.74, 6) is 0.191. The number of hydrogen-bond acceptors (Lipinski definition) is 5. The van der Waals surface area contributed by atoms with Gasteiger partial charge in [0.15, 0.2) is 0 Å². The number of aliphatic hydroxyl groups is 1. The first-order chi connectivity index (χ1) is 13.9. The first kappa shape index (κ1) is 21.6. The van der Waals surface area contributed by atoms with Crippen LogP contribution < -0.4 is 15.6 Å². The topological polar surface area (TPSA) is 94.7 Å². The van der Waals surface area contributed by atoms with Gasteiger partial charge in [-0.15, -0.1) is 0 Å². The van der Waals surface area contributed by atoms with E-state index in [1.807, 2.05) is 0 Å². The van der Waals surface area contributed by atoms with Gasteiger partial charge >= 0.3 is 0 Å². The molecule has 29 heavy (non-hydrogen) atoms. The highest BCUT2D eigenvalue weighted by molar-refractivity contribution is 6.42. The van der Waals surface area contributed by atoms with Crippen LogP contribution in [0.4, 0.5) is 0 Å². The van der Waals surface area contributed by atoms with E-state index in [1.54, 1.807) is 24.3 Å². The summed E-state index contributed by atoms with van der Waals surface area (Å²) in [7, 11) is 0. The molecule has 0 saturated carbocycles. The number of nitrogens with one attached hydrogen (secondary N) is 2. The van der Waals surface area contributed by atoms with Gasteiger partial charge in [-0.3, -0.25) is 9.59 Å². The third kappa shape index (κ3) is 6.21. The predicted octanol–water partition coefficient (Wildman–Crippen LogP) is 2.32. The minimum atomic E-state index is -0.728. The average Bonchev–Trinajstić information content (AvgIpc) is 2.71. The summed E-state index contributed by atoms with van der Waals surface area (Å²) >= 11 is 11.9. The molecule has 1 aromatic carbocycles. The highest BCUT2D eigenvalue weighted by Crippen LogP contribution is 2.28. The van der Waals surface area contributed by atoms with Crippen LogP contribution in [0, 0.1) is 0 Å². The fourth-order valence-electron chi connectivity index (χ4n) is 3.22. The van der Waals surface area contributed by atoms with Gasteiger partial charge in [0.05, 0.1) is 16.1 Å². The largest absolute Gasteiger partial charge is 0.490 e. The molecule has 2 aromatic rings. The van der Waals surface area contributed by atoms with E-state index in [9.17, 15) is 14.7 Å². The zero-order valence-corrected chi connectivity index (χ0v) is 17.2.